The van der Waals surface area contributed by atoms with Gasteiger partial charge in [0, 0.05) is 9.13 Å². The van der Waals surface area contributed by atoms with Gasteiger partial charge in [0.1, 0.15) is 11.3 Å². The van der Waals surface area contributed by atoms with Crippen LogP contribution in [0.5, 0.6) is 5.75 Å². The highest BCUT2D eigenvalue weighted by Crippen LogP contribution is 2.39. The van der Waals surface area contributed by atoms with Crippen LogP contribution in [-0.4, -0.2) is 12.9 Å². The lowest BCUT2D eigenvalue weighted by molar-refractivity contribution is -0.139. The Hall–Kier alpha value is -0.790. The molecule has 0 aliphatic rings. The molecule has 1 rings (SSSR count). The number of halogens is 4. The third-order valence-electron chi connectivity index (χ3n) is 1.95. The molecule has 0 amide bonds. The fourth-order valence-corrected chi connectivity index (χ4v) is 1.91. The van der Waals surface area contributed by atoms with E-state index in [2.05, 4.69) is 4.74 Å². The quantitative estimate of drug-likeness (QED) is 0.606. The lowest BCUT2D eigenvalue weighted by Gasteiger charge is -2.15. The molecule has 0 N–H and O–H groups in total. The molecule has 0 aromatic heterocycles. The van der Waals surface area contributed by atoms with E-state index in [1.165, 1.54) is 12.1 Å². The maximum atomic E-state index is 12.8. The van der Waals surface area contributed by atoms with Crippen LogP contribution in [0.25, 0.3) is 0 Å². The van der Waals surface area contributed by atoms with E-state index >= 15 is 0 Å². The Kier molecular flexibility index (Phi) is 3.82. The first-order chi connectivity index (χ1) is 7.27. The van der Waals surface area contributed by atoms with Gasteiger partial charge in [-0.25, -0.2) is 0 Å². The first-order valence-electron chi connectivity index (χ1n) is 4.23. The number of carbonyl (C=O) groups is 1. The van der Waals surface area contributed by atoms with E-state index in [-0.39, 0.29) is 11.3 Å². The van der Waals surface area contributed by atoms with Crippen LogP contribution in [0.1, 0.15) is 22.8 Å². The summed E-state index contributed by atoms with van der Waals surface area (Å²) in [6, 6.07) is 2.45. The van der Waals surface area contributed by atoms with Gasteiger partial charge in [-0.05, 0) is 41.6 Å². The number of hydrogen-bond acceptors (Lipinski definition) is 2. The van der Waals surface area contributed by atoms with Gasteiger partial charge in [0.15, 0.2) is 5.78 Å². The summed E-state index contributed by atoms with van der Waals surface area (Å²) in [5.41, 5.74) is -1.38. The van der Waals surface area contributed by atoms with Crippen molar-refractivity contribution < 1.29 is 22.7 Å². The summed E-state index contributed by atoms with van der Waals surface area (Å²) in [6.07, 6.45) is -4.60. The zero-order valence-corrected chi connectivity index (χ0v) is 10.6. The van der Waals surface area contributed by atoms with E-state index < -0.39 is 17.5 Å². The van der Waals surface area contributed by atoms with Crippen molar-refractivity contribution in [1.29, 1.82) is 0 Å². The molecule has 6 heteroatoms. The number of alkyl halides is 3. The number of hydrogen-bond donors (Lipinski definition) is 0. The molecule has 2 nitrogen and oxygen atoms in total. The fraction of sp³-hybridized carbons (Fsp3) is 0.300. The van der Waals surface area contributed by atoms with Crippen molar-refractivity contribution in [2.24, 2.45) is 0 Å². The van der Waals surface area contributed by atoms with Crippen LogP contribution in [0.2, 0.25) is 0 Å². The third-order valence-corrected chi connectivity index (χ3v) is 2.57. The number of Topliss-reactive ketones (excluding diaryl/α,β-unsaturated/α-hetero) is 1. The normalized spacial score (nSPS) is 11.4. The van der Waals surface area contributed by atoms with Crippen molar-refractivity contribution in [3.05, 3.63) is 26.8 Å². The molecule has 0 unspecified atom stereocenters. The highest BCUT2D eigenvalue weighted by molar-refractivity contribution is 14.1. The Labute approximate surface area is 104 Å². The predicted octanol–water partition coefficient (Wildman–Crippen LogP) is 3.52. The molecule has 0 heterocycles. The van der Waals surface area contributed by atoms with E-state index in [1.54, 1.807) is 0 Å². The number of benzene rings is 1. The van der Waals surface area contributed by atoms with E-state index in [9.17, 15) is 18.0 Å². The Morgan fingerprint density at radius 1 is 1.38 bits per heavy atom. The molecule has 0 spiro atoms. The summed E-state index contributed by atoms with van der Waals surface area (Å²) < 4.78 is 43.4. The Bertz CT molecular complexity index is 427. The second-order valence-corrected chi connectivity index (χ2v) is 4.33. The third kappa shape index (κ3) is 2.66. The van der Waals surface area contributed by atoms with E-state index in [0.29, 0.717) is 3.57 Å². The maximum Gasteiger partial charge on any atom is 0.420 e. The predicted molar refractivity (Wildman–Crippen MR) is 60.7 cm³/mol. The molecular weight excluding hydrogens is 336 g/mol. The van der Waals surface area contributed by atoms with Crippen LogP contribution in [0.4, 0.5) is 13.2 Å². The van der Waals surface area contributed by atoms with Crippen molar-refractivity contribution in [1.82, 2.24) is 0 Å². The summed E-state index contributed by atoms with van der Waals surface area (Å²) in [4.78, 5) is 11.2. The van der Waals surface area contributed by atoms with E-state index in [1.807, 2.05) is 22.6 Å². The van der Waals surface area contributed by atoms with Gasteiger partial charge in [-0.2, -0.15) is 13.2 Å². The standard InChI is InChI=1S/C10H8F3IO2/c1-5(15)7-3-6(14)4-8(16-2)9(7)10(11,12)13/h3-4H,1-2H3. The van der Waals surface area contributed by atoms with Crippen molar-refractivity contribution >= 4 is 28.4 Å². The first-order valence-corrected chi connectivity index (χ1v) is 5.31. The van der Waals surface area contributed by atoms with Crippen molar-refractivity contribution in [2.75, 3.05) is 7.11 Å². The molecular formula is C10H8F3IO2. The molecule has 88 valence electrons. The molecule has 1 aromatic carbocycles. The molecule has 16 heavy (non-hydrogen) atoms. The van der Waals surface area contributed by atoms with Crippen LogP contribution < -0.4 is 4.74 Å². The lowest BCUT2D eigenvalue weighted by atomic mass is 10.0. The molecule has 0 bridgehead atoms. The second-order valence-electron chi connectivity index (χ2n) is 3.08. The topological polar surface area (TPSA) is 26.3 Å². The van der Waals surface area contributed by atoms with Crippen LogP contribution >= 0.6 is 22.6 Å². The number of methoxy groups -OCH3 is 1. The summed E-state index contributed by atoms with van der Waals surface area (Å²) in [5, 5.41) is 0. The summed E-state index contributed by atoms with van der Waals surface area (Å²) in [6.45, 7) is 1.10. The minimum absolute atomic E-state index is 0.329. The molecule has 0 fully saturated rings. The SMILES string of the molecule is COc1cc(I)cc(C(C)=O)c1C(F)(F)F. The van der Waals surface area contributed by atoms with E-state index in [4.69, 9.17) is 0 Å². The highest BCUT2D eigenvalue weighted by atomic mass is 127. The lowest BCUT2D eigenvalue weighted by Crippen LogP contribution is -2.14. The number of rotatable bonds is 2. The molecule has 0 aliphatic carbocycles. The van der Waals surface area contributed by atoms with Gasteiger partial charge >= 0.3 is 6.18 Å². The summed E-state index contributed by atoms with van der Waals surface area (Å²) in [7, 11) is 1.14. The average molecular weight is 344 g/mol. The molecule has 0 radical (unpaired) electrons. The monoisotopic (exact) mass is 344 g/mol. The van der Waals surface area contributed by atoms with Gasteiger partial charge in [-0.15, -0.1) is 0 Å². The number of ketones is 1. The highest BCUT2D eigenvalue weighted by Gasteiger charge is 2.38. The zero-order chi connectivity index (χ0) is 12.5. The minimum atomic E-state index is -4.60. The van der Waals surface area contributed by atoms with Gasteiger partial charge in [-0.1, -0.05) is 0 Å². The van der Waals surface area contributed by atoms with E-state index in [0.717, 1.165) is 14.0 Å². The van der Waals surface area contributed by atoms with Gasteiger partial charge in [-0.3, -0.25) is 4.79 Å². The van der Waals surface area contributed by atoms with Crippen LogP contribution in [0.15, 0.2) is 12.1 Å². The summed E-state index contributed by atoms with van der Waals surface area (Å²) >= 11 is 1.83. The van der Waals surface area contributed by atoms with Crippen LogP contribution in [0.3, 0.4) is 0 Å². The smallest absolute Gasteiger partial charge is 0.420 e. The molecule has 0 atom stereocenters. The molecule has 1 aromatic rings. The van der Waals surface area contributed by atoms with Crippen molar-refractivity contribution in [3.8, 4) is 5.75 Å². The van der Waals surface area contributed by atoms with Crippen LogP contribution in [-0.2, 0) is 6.18 Å². The fourth-order valence-electron chi connectivity index (χ4n) is 1.31. The maximum absolute atomic E-state index is 12.8. The summed E-state index contributed by atoms with van der Waals surface area (Å²) in [5.74, 6) is -0.964. The largest absolute Gasteiger partial charge is 0.496 e. The molecule has 0 aliphatic heterocycles. The Balaban J connectivity index is 3.58. The number of ether oxygens (including phenoxy) is 1. The van der Waals surface area contributed by atoms with Gasteiger partial charge in [0.05, 0.1) is 7.11 Å². The minimum Gasteiger partial charge on any atom is -0.496 e. The number of carbonyl (C=O) groups excluding carboxylic acids is 1. The van der Waals surface area contributed by atoms with Crippen LogP contribution in [0, 0.1) is 3.57 Å². The molecule has 0 saturated carbocycles. The second kappa shape index (κ2) is 4.60. The van der Waals surface area contributed by atoms with Gasteiger partial charge < -0.3 is 4.74 Å². The Morgan fingerprint density at radius 3 is 2.31 bits per heavy atom. The van der Waals surface area contributed by atoms with Gasteiger partial charge in [0.25, 0.3) is 0 Å². The first kappa shape index (κ1) is 13.3. The van der Waals surface area contributed by atoms with Crippen molar-refractivity contribution in [2.45, 2.75) is 13.1 Å². The van der Waals surface area contributed by atoms with Gasteiger partial charge in [0.2, 0.25) is 0 Å². The average Bonchev–Trinajstić information content (AvgIpc) is 2.14. The Morgan fingerprint density at radius 2 is 1.94 bits per heavy atom. The van der Waals surface area contributed by atoms with Crippen molar-refractivity contribution in [3.63, 3.8) is 0 Å². The zero-order valence-electron chi connectivity index (χ0n) is 8.48. The molecule has 0 saturated heterocycles.